The van der Waals surface area contributed by atoms with Gasteiger partial charge in [-0.1, -0.05) is 12.1 Å². The lowest BCUT2D eigenvalue weighted by atomic mass is 9.83. The Kier molecular flexibility index (Phi) is 2.59. The molecule has 1 heterocycles. The number of amides is 1. The Bertz CT molecular complexity index is 427. The van der Waals surface area contributed by atoms with Gasteiger partial charge in [0.1, 0.15) is 5.75 Å². The van der Waals surface area contributed by atoms with Gasteiger partial charge in [0, 0.05) is 6.42 Å². The number of nitrogens with one attached hydrogen (secondary N) is 1. The van der Waals surface area contributed by atoms with Crippen LogP contribution in [-0.4, -0.2) is 12.5 Å². The lowest BCUT2D eigenvalue weighted by Gasteiger charge is -2.23. The molecular formula is C12H16N2O2. The third-order valence-electron chi connectivity index (χ3n) is 3.11. The van der Waals surface area contributed by atoms with E-state index in [1.54, 1.807) is 0 Å². The lowest BCUT2D eigenvalue weighted by Crippen LogP contribution is -2.43. The van der Waals surface area contributed by atoms with Gasteiger partial charge in [0.2, 0.25) is 5.91 Å². The van der Waals surface area contributed by atoms with E-state index in [0.29, 0.717) is 0 Å². The van der Waals surface area contributed by atoms with Gasteiger partial charge >= 0.3 is 0 Å². The molecule has 1 aromatic carbocycles. The zero-order valence-electron chi connectivity index (χ0n) is 9.54. The van der Waals surface area contributed by atoms with Crippen LogP contribution in [-0.2, 0) is 16.6 Å². The van der Waals surface area contributed by atoms with Crippen molar-refractivity contribution in [2.45, 2.75) is 25.7 Å². The number of carbonyl (C=O) groups is 1. The number of hydrazine groups is 1. The highest BCUT2D eigenvalue weighted by Crippen LogP contribution is 2.31. The molecule has 0 atom stereocenters. The largest absolute Gasteiger partial charge is 0.493 e. The molecular weight excluding hydrogens is 204 g/mol. The number of benzene rings is 1. The van der Waals surface area contributed by atoms with Crippen LogP contribution in [0.1, 0.15) is 25.0 Å². The molecule has 0 aliphatic carbocycles. The zero-order chi connectivity index (χ0) is 11.8. The molecule has 0 aromatic heterocycles. The van der Waals surface area contributed by atoms with Gasteiger partial charge < -0.3 is 4.74 Å². The summed E-state index contributed by atoms with van der Waals surface area (Å²) in [5, 5.41) is 0. The minimum Gasteiger partial charge on any atom is -0.493 e. The van der Waals surface area contributed by atoms with Gasteiger partial charge in [-0.3, -0.25) is 10.2 Å². The van der Waals surface area contributed by atoms with E-state index >= 15 is 0 Å². The summed E-state index contributed by atoms with van der Waals surface area (Å²) in [7, 11) is 0. The maximum Gasteiger partial charge on any atom is 0.243 e. The van der Waals surface area contributed by atoms with Crippen molar-refractivity contribution in [1.82, 2.24) is 5.43 Å². The Hall–Kier alpha value is -1.55. The van der Waals surface area contributed by atoms with Crippen LogP contribution in [0.2, 0.25) is 0 Å². The van der Waals surface area contributed by atoms with Crippen molar-refractivity contribution in [2.75, 3.05) is 6.61 Å². The van der Waals surface area contributed by atoms with Crippen LogP contribution in [0.5, 0.6) is 5.75 Å². The second-order valence-electron chi connectivity index (χ2n) is 4.52. The molecule has 2 rings (SSSR count). The topological polar surface area (TPSA) is 64.4 Å². The quantitative estimate of drug-likeness (QED) is 0.442. The summed E-state index contributed by atoms with van der Waals surface area (Å²) in [4.78, 5) is 11.7. The predicted octanol–water partition coefficient (Wildman–Crippen LogP) is 0.889. The van der Waals surface area contributed by atoms with Gasteiger partial charge in [-0.15, -0.1) is 0 Å². The summed E-state index contributed by atoms with van der Waals surface area (Å²) < 4.78 is 5.43. The molecule has 1 aromatic rings. The summed E-state index contributed by atoms with van der Waals surface area (Å²) in [5.41, 5.74) is 3.70. The van der Waals surface area contributed by atoms with Crippen molar-refractivity contribution in [2.24, 2.45) is 5.84 Å². The molecule has 3 N–H and O–H groups in total. The first-order valence-corrected chi connectivity index (χ1v) is 5.33. The fraction of sp³-hybridized carbons (Fsp3) is 0.417. The van der Waals surface area contributed by atoms with Gasteiger partial charge in [-0.25, -0.2) is 5.84 Å². The van der Waals surface area contributed by atoms with E-state index in [1.807, 2.05) is 32.0 Å². The monoisotopic (exact) mass is 220 g/mol. The van der Waals surface area contributed by atoms with Crippen LogP contribution in [0, 0.1) is 0 Å². The van der Waals surface area contributed by atoms with Crippen molar-refractivity contribution in [1.29, 1.82) is 0 Å². The van der Waals surface area contributed by atoms with E-state index in [9.17, 15) is 4.79 Å². The molecule has 1 aliphatic rings. The number of hydrogen-bond acceptors (Lipinski definition) is 3. The molecule has 0 unspecified atom stereocenters. The highest BCUT2D eigenvalue weighted by Gasteiger charge is 2.30. The predicted molar refractivity (Wildman–Crippen MR) is 61.0 cm³/mol. The molecule has 0 radical (unpaired) electrons. The van der Waals surface area contributed by atoms with Crippen molar-refractivity contribution < 1.29 is 9.53 Å². The molecule has 16 heavy (non-hydrogen) atoms. The Morgan fingerprint density at radius 2 is 2.25 bits per heavy atom. The average Bonchev–Trinajstić information content (AvgIpc) is 2.74. The van der Waals surface area contributed by atoms with E-state index < -0.39 is 5.41 Å². The number of hydrogen-bond donors (Lipinski definition) is 2. The normalized spacial score (nSPS) is 14.2. The molecule has 0 bridgehead atoms. The Labute approximate surface area is 94.8 Å². The first kappa shape index (κ1) is 11.0. The van der Waals surface area contributed by atoms with Gasteiger partial charge in [0.25, 0.3) is 0 Å². The van der Waals surface area contributed by atoms with Crippen LogP contribution in [0.4, 0.5) is 0 Å². The van der Waals surface area contributed by atoms with E-state index in [2.05, 4.69) is 5.43 Å². The van der Waals surface area contributed by atoms with Gasteiger partial charge in [-0.2, -0.15) is 0 Å². The summed E-state index contributed by atoms with van der Waals surface area (Å²) in [6.45, 7) is 4.43. The maximum atomic E-state index is 11.7. The van der Waals surface area contributed by atoms with E-state index in [4.69, 9.17) is 10.6 Å². The van der Waals surface area contributed by atoms with Crippen molar-refractivity contribution in [3.63, 3.8) is 0 Å². The summed E-state index contributed by atoms with van der Waals surface area (Å²) >= 11 is 0. The van der Waals surface area contributed by atoms with Crippen LogP contribution >= 0.6 is 0 Å². The van der Waals surface area contributed by atoms with Crippen molar-refractivity contribution in [3.8, 4) is 5.75 Å². The second kappa shape index (κ2) is 3.79. The van der Waals surface area contributed by atoms with Crippen molar-refractivity contribution >= 4 is 5.91 Å². The first-order chi connectivity index (χ1) is 7.55. The minimum absolute atomic E-state index is 0.189. The van der Waals surface area contributed by atoms with Gasteiger partial charge in [-0.05, 0) is 31.0 Å². The highest BCUT2D eigenvalue weighted by molar-refractivity contribution is 5.86. The molecule has 4 heteroatoms. The fourth-order valence-corrected chi connectivity index (χ4v) is 1.89. The minimum atomic E-state index is -0.619. The SMILES string of the molecule is CC(C)(C(=O)NN)c1ccc2c(c1)CCO2. The summed E-state index contributed by atoms with van der Waals surface area (Å²) in [6, 6.07) is 5.86. The number of nitrogens with two attached hydrogens (primary N) is 1. The Morgan fingerprint density at radius 3 is 2.94 bits per heavy atom. The first-order valence-electron chi connectivity index (χ1n) is 5.33. The van der Waals surface area contributed by atoms with Crippen LogP contribution in [0.25, 0.3) is 0 Å². The Morgan fingerprint density at radius 1 is 1.50 bits per heavy atom. The van der Waals surface area contributed by atoms with E-state index in [1.165, 1.54) is 0 Å². The van der Waals surface area contributed by atoms with Gasteiger partial charge in [0.05, 0.1) is 12.0 Å². The van der Waals surface area contributed by atoms with Crippen LogP contribution in [0.15, 0.2) is 18.2 Å². The number of rotatable bonds is 2. The third-order valence-corrected chi connectivity index (χ3v) is 3.11. The molecule has 0 saturated heterocycles. The standard InChI is InChI=1S/C12H16N2O2/c1-12(2,11(15)14-13)9-3-4-10-8(7-9)5-6-16-10/h3-4,7H,5-6,13H2,1-2H3,(H,14,15). The second-order valence-corrected chi connectivity index (χ2v) is 4.52. The van der Waals surface area contributed by atoms with Crippen LogP contribution in [0.3, 0.4) is 0 Å². The van der Waals surface area contributed by atoms with E-state index in [-0.39, 0.29) is 5.91 Å². The lowest BCUT2D eigenvalue weighted by molar-refractivity contribution is -0.125. The third kappa shape index (κ3) is 1.65. The summed E-state index contributed by atoms with van der Waals surface area (Å²) in [6.07, 6.45) is 0.906. The van der Waals surface area contributed by atoms with E-state index in [0.717, 1.165) is 29.9 Å². The molecule has 0 fully saturated rings. The van der Waals surface area contributed by atoms with Crippen molar-refractivity contribution in [3.05, 3.63) is 29.3 Å². The molecule has 4 nitrogen and oxygen atoms in total. The fourth-order valence-electron chi connectivity index (χ4n) is 1.89. The molecule has 0 spiro atoms. The molecule has 0 saturated carbocycles. The van der Waals surface area contributed by atoms with Gasteiger partial charge in [0.15, 0.2) is 0 Å². The number of ether oxygens (including phenoxy) is 1. The smallest absolute Gasteiger partial charge is 0.243 e. The number of carbonyl (C=O) groups excluding carboxylic acids is 1. The molecule has 1 aliphatic heterocycles. The zero-order valence-corrected chi connectivity index (χ0v) is 9.54. The average molecular weight is 220 g/mol. The molecule has 1 amide bonds. The maximum absolute atomic E-state index is 11.7. The Balaban J connectivity index is 2.37. The molecule has 86 valence electrons. The number of fused-ring (bicyclic) bond motifs is 1. The summed E-state index contributed by atoms with van der Waals surface area (Å²) in [5.74, 6) is 5.92. The van der Waals surface area contributed by atoms with Crippen LogP contribution < -0.4 is 16.0 Å². The highest BCUT2D eigenvalue weighted by atomic mass is 16.5.